The zero-order valence-electron chi connectivity index (χ0n) is 20.7. The molecular weight excluding hydrogens is 438 g/mol. The van der Waals surface area contributed by atoms with Crippen LogP contribution in [0.5, 0.6) is 11.5 Å². The SMILES string of the molecule is CNc1cc(Oc2ccnc(-c3ccc(C(=O)N[C@@H]4CCNC(C)C4)c(C)c3)c2)ccc1C(C)=N. The maximum atomic E-state index is 12.9. The van der Waals surface area contributed by atoms with Crippen molar-refractivity contribution in [3.63, 3.8) is 0 Å². The van der Waals surface area contributed by atoms with Gasteiger partial charge in [0.05, 0.1) is 5.69 Å². The molecule has 7 heteroatoms. The Balaban J connectivity index is 1.50. The van der Waals surface area contributed by atoms with Gasteiger partial charge >= 0.3 is 0 Å². The van der Waals surface area contributed by atoms with Crippen LogP contribution in [0.1, 0.15) is 48.2 Å². The summed E-state index contributed by atoms with van der Waals surface area (Å²) in [6.45, 7) is 6.79. The van der Waals surface area contributed by atoms with Gasteiger partial charge < -0.3 is 26.1 Å². The molecule has 1 fully saturated rings. The molecule has 2 aromatic carbocycles. The molecule has 1 aliphatic heterocycles. The minimum absolute atomic E-state index is 0.0258. The van der Waals surface area contributed by atoms with E-state index >= 15 is 0 Å². The lowest BCUT2D eigenvalue weighted by Gasteiger charge is -2.28. The number of nitrogens with zero attached hydrogens (tertiary/aromatic N) is 1. The van der Waals surface area contributed by atoms with E-state index in [0.29, 0.717) is 28.8 Å². The molecule has 2 heterocycles. The van der Waals surface area contributed by atoms with E-state index in [1.165, 1.54) is 0 Å². The highest BCUT2D eigenvalue weighted by Gasteiger charge is 2.21. The summed E-state index contributed by atoms with van der Waals surface area (Å²) in [4.78, 5) is 17.4. The minimum Gasteiger partial charge on any atom is -0.457 e. The predicted octanol–water partition coefficient (Wildman–Crippen LogP) is 5.15. The topological polar surface area (TPSA) is 99.1 Å². The Morgan fingerprint density at radius 2 is 1.89 bits per heavy atom. The second kappa shape index (κ2) is 10.7. The van der Waals surface area contributed by atoms with Crippen molar-refractivity contribution in [1.29, 1.82) is 5.41 Å². The second-order valence-electron chi connectivity index (χ2n) is 9.14. The maximum absolute atomic E-state index is 12.9. The fourth-order valence-corrected chi connectivity index (χ4v) is 4.49. The van der Waals surface area contributed by atoms with E-state index < -0.39 is 0 Å². The number of rotatable bonds is 7. The van der Waals surface area contributed by atoms with E-state index in [1.54, 1.807) is 13.1 Å². The molecule has 1 unspecified atom stereocenters. The first-order valence-electron chi connectivity index (χ1n) is 12.0. The summed E-state index contributed by atoms with van der Waals surface area (Å²) in [5.74, 6) is 1.31. The standard InChI is InChI=1S/C28H33N5O2/c1-17-13-20(5-7-24(17)28(34)33-21-9-11-31-18(2)14-21)26-15-23(10-12-32-26)35-22-6-8-25(19(3)29)27(16-22)30-4/h5-8,10,12-13,15-16,18,21,29-31H,9,11,14H2,1-4H3,(H,33,34)/t18?,21-/m1/s1. The largest absolute Gasteiger partial charge is 0.457 e. The van der Waals surface area contributed by atoms with Crippen molar-refractivity contribution < 1.29 is 9.53 Å². The molecule has 1 aliphatic rings. The van der Waals surface area contributed by atoms with E-state index in [4.69, 9.17) is 10.1 Å². The van der Waals surface area contributed by atoms with E-state index in [-0.39, 0.29) is 11.9 Å². The summed E-state index contributed by atoms with van der Waals surface area (Å²) in [5.41, 5.74) is 5.46. The maximum Gasteiger partial charge on any atom is 0.251 e. The van der Waals surface area contributed by atoms with Crippen molar-refractivity contribution in [2.24, 2.45) is 0 Å². The van der Waals surface area contributed by atoms with E-state index in [2.05, 4.69) is 27.9 Å². The van der Waals surface area contributed by atoms with Gasteiger partial charge in [-0.05, 0) is 76.1 Å². The molecule has 0 saturated carbocycles. The molecule has 182 valence electrons. The third-order valence-electron chi connectivity index (χ3n) is 6.36. The second-order valence-corrected chi connectivity index (χ2v) is 9.14. The van der Waals surface area contributed by atoms with Crippen LogP contribution in [0.15, 0.2) is 54.7 Å². The Bertz CT molecular complexity index is 1240. The van der Waals surface area contributed by atoms with E-state index in [1.807, 2.05) is 62.5 Å². The Morgan fingerprint density at radius 3 is 2.60 bits per heavy atom. The Labute approximate surface area is 206 Å². The van der Waals surface area contributed by atoms with E-state index in [9.17, 15) is 4.79 Å². The molecule has 4 rings (SSSR count). The number of amides is 1. The molecule has 1 saturated heterocycles. The van der Waals surface area contributed by atoms with Crippen molar-refractivity contribution in [3.8, 4) is 22.8 Å². The van der Waals surface area contributed by atoms with Gasteiger partial charge in [-0.2, -0.15) is 0 Å². The van der Waals surface area contributed by atoms with Crippen LogP contribution in [0.25, 0.3) is 11.3 Å². The molecule has 35 heavy (non-hydrogen) atoms. The van der Waals surface area contributed by atoms with Crippen LogP contribution >= 0.6 is 0 Å². The summed E-state index contributed by atoms with van der Waals surface area (Å²) in [6, 6.07) is 15.7. The Hall–Kier alpha value is -3.71. The van der Waals surface area contributed by atoms with Gasteiger partial charge in [-0.15, -0.1) is 0 Å². The molecule has 4 N–H and O–H groups in total. The molecule has 0 aliphatic carbocycles. The molecule has 0 bridgehead atoms. The van der Waals surface area contributed by atoms with Crippen LogP contribution in [0.3, 0.4) is 0 Å². The number of anilines is 1. The first kappa shape index (κ1) is 24.4. The van der Waals surface area contributed by atoms with Gasteiger partial charge in [0.1, 0.15) is 11.5 Å². The smallest absolute Gasteiger partial charge is 0.251 e. The van der Waals surface area contributed by atoms with Crippen molar-refractivity contribution >= 4 is 17.3 Å². The van der Waals surface area contributed by atoms with Gasteiger partial charge in [0.2, 0.25) is 0 Å². The Kier molecular flexibility index (Phi) is 7.46. The Morgan fingerprint density at radius 1 is 1.11 bits per heavy atom. The molecular formula is C28H33N5O2. The highest BCUT2D eigenvalue weighted by atomic mass is 16.5. The lowest BCUT2D eigenvalue weighted by atomic mass is 9.98. The lowest BCUT2D eigenvalue weighted by Crippen LogP contribution is -2.46. The van der Waals surface area contributed by atoms with Gasteiger partial charge in [0.15, 0.2) is 0 Å². The number of aryl methyl sites for hydroxylation is 1. The predicted molar refractivity (Wildman–Crippen MR) is 141 cm³/mol. The summed E-state index contributed by atoms with van der Waals surface area (Å²) in [7, 11) is 1.83. The third kappa shape index (κ3) is 5.87. The van der Waals surface area contributed by atoms with Crippen molar-refractivity contribution in [3.05, 3.63) is 71.4 Å². The summed E-state index contributed by atoms with van der Waals surface area (Å²) in [6.07, 6.45) is 3.61. The fourth-order valence-electron chi connectivity index (χ4n) is 4.49. The molecule has 2 atom stereocenters. The summed E-state index contributed by atoms with van der Waals surface area (Å²) < 4.78 is 6.08. The van der Waals surface area contributed by atoms with Gasteiger partial charge in [-0.3, -0.25) is 9.78 Å². The number of nitrogens with one attached hydrogen (secondary N) is 4. The summed E-state index contributed by atoms with van der Waals surface area (Å²) >= 11 is 0. The van der Waals surface area contributed by atoms with Crippen LogP contribution < -0.4 is 20.7 Å². The zero-order chi connectivity index (χ0) is 24.9. The third-order valence-corrected chi connectivity index (χ3v) is 6.36. The molecule has 3 aromatic rings. The molecule has 0 spiro atoms. The van der Waals surface area contributed by atoms with Crippen LogP contribution in [-0.4, -0.2) is 42.3 Å². The number of ether oxygens (including phenoxy) is 1. The van der Waals surface area contributed by atoms with E-state index in [0.717, 1.165) is 47.5 Å². The van der Waals surface area contributed by atoms with Gasteiger partial charge in [-0.25, -0.2) is 0 Å². The van der Waals surface area contributed by atoms with Crippen LogP contribution in [0, 0.1) is 12.3 Å². The van der Waals surface area contributed by atoms with Crippen LogP contribution in [0.2, 0.25) is 0 Å². The quantitative estimate of drug-likeness (QED) is 0.357. The monoisotopic (exact) mass is 471 g/mol. The number of pyridine rings is 1. The van der Waals surface area contributed by atoms with Gasteiger partial charge in [0.25, 0.3) is 5.91 Å². The van der Waals surface area contributed by atoms with Crippen LogP contribution in [-0.2, 0) is 0 Å². The normalized spacial score (nSPS) is 17.5. The molecule has 1 aromatic heterocycles. The number of aromatic nitrogens is 1. The molecule has 7 nitrogen and oxygen atoms in total. The van der Waals surface area contributed by atoms with Crippen molar-refractivity contribution in [1.82, 2.24) is 15.6 Å². The van der Waals surface area contributed by atoms with Crippen molar-refractivity contribution in [2.75, 3.05) is 18.9 Å². The van der Waals surface area contributed by atoms with Crippen molar-refractivity contribution in [2.45, 2.75) is 45.7 Å². The zero-order valence-corrected chi connectivity index (χ0v) is 20.7. The number of benzene rings is 2. The van der Waals surface area contributed by atoms with Gasteiger partial charge in [-0.1, -0.05) is 6.07 Å². The number of hydrogen-bond donors (Lipinski definition) is 4. The first-order valence-corrected chi connectivity index (χ1v) is 12.0. The molecule has 0 radical (unpaired) electrons. The fraction of sp³-hybridized carbons (Fsp3) is 0.321. The highest BCUT2D eigenvalue weighted by molar-refractivity contribution is 6.01. The first-order chi connectivity index (χ1) is 16.8. The number of carbonyl (C=O) groups excluding carboxylic acids is 1. The average molecular weight is 472 g/mol. The van der Waals surface area contributed by atoms with Gasteiger partial charge in [0, 0.05) is 65.6 Å². The highest BCUT2D eigenvalue weighted by Crippen LogP contribution is 2.30. The molecule has 1 amide bonds. The van der Waals surface area contributed by atoms with Crippen LogP contribution in [0.4, 0.5) is 5.69 Å². The average Bonchev–Trinajstić information content (AvgIpc) is 2.83. The lowest BCUT2D eigenvalue weighted by molar-refractivity contribution is 0.0925. The minimum atomic E-state index is -0.0258. The number of carbonyl (C=O) groups is 1. The summed E-state index contributed by atoms with van der Waals surface area (Å²) in [5, 5.41) is 17.6. The number of piperidine rings is 1. The number of hydrogen-bond acceptors (Lipinski definition) is 6.